The fraction of sp³-hybridized carbons (Fsp3) is 0.944. The average Bonchev–Trinajstić information content (AvgIpc) is 2.43. The average molecular weight is 367 g/mol. The minimum atomic E-state index is -0.653. The second kappa shape index (κ2) is 25.2. The maximum Gasteiger partial charge on any atom is 0 e. The van der Waals surface area contributed by atoms with Gasteiger partial charge in [0.1, 0.15) is 0 Å². The Morgan fingerprint density at radius 2 is 0.909 bits per heavy atom. The molecule has 0 aliphatic carbocycles. The van der Waals surface area contributed by atoms with Gasteiger partial charge in [0.05, 0.1) is 0 Å². The molecule has 2 nitrogen and oxygen atoms in total. The zero-order valence-corrected chi connectivity index (χ0v) is 16.6. The van der Waals surface area contributed by atoms with Gasteiger partial charge >= 0.3 is 43.7 Å². The number of hydrogen-bond donors (Lipinski definition) is 1. The summed E-state index contributed by atoms with van der Waals surface area (Å²) in [6.07, 6.45) is 20.2. The van der Waals surface area contributed by atoms with Crippen LogP contribution in [-0.2, 0) is 4.79 Å². The predicted octanol–water partition coefficient (Wildman–Crippen LogP) is 5.04. The van der Waals surface area contributed by atoms with Crippen molar-refractivity contribution >= 4 is 81.4 Å². The van der Waals surface area contributed by atoms with Gasteiger partial charge < -0.3 is 5.11 Å². The minimum Gasteiger partial charge on any atom is 0 e. The Hall–Kier alpha value is 1.99. The van der Waals surface area contributed by atoms with Crippen LogP contribution in [0.2, 0.25) is 0 Å². The second-order valence-corrected chi connectivity index (χ2v) is 6.09. The molecular formula is C18H38Ca2O2. The van der Waals surface area contributed by atoms with E-state index in [1.165, 1.54) is 83.5 Å². The van der Waals surface area contributed by atoms with Crippen LogP contribution in [0.3, 0.4) is 0 Å². The molecule has 0 aromatic carbocycles. The van der Waals surface area contributed by atoms with Crippen LogP contribution in [0.4, 0.5) is 0 Å². The van der Waals surface area contributed by atoms with Crippen molar-refractivity contribution in [3.8, 4) is 0 Å². The second-order valence-electron chi connectivity index (χ2n) is 6.09. The van der Waals surface area contributed by atoms with Gasteiger partial charge in [0.2, 0.25) is 0 Å². The van der Waals surface area contributed by atoms with Crippen molar-refractivity contribution in [3.05, 3.63) is 0 Å². The number of carboxylic acids is 1. The van der Waals surface area contributed by atoms with E-state index in [0.717, 1.165) is 12.8 Å². The fourth-order valence-corrected chi connectivity index (χ4v) is 2.65. The molecule has 0 aliphatic heterocycles. The molecule has 1 N–H and O–H groups in total. The predicted molar refractivity (Wildman–Crippen MR) is 101 cm³/mol. The number of aliphatic carboxylic acids is 1. The van der Waals surface area contributed by atoms with E-state index in [2.05, 4.69) is 6.92 Å². The Morgan fingerprint density at radius 1 is 0.636 bits per heavy atom. The van der Waals surface area contributed by atoms with Crippen LogP contribution in [0.1, 0.15) is 110 Å². The summed E-state index contributed by atoms with van der Waals surface area (Å²) in [7, 11) is 0. The molecule has 0 aliphatic rings. The van der Waals surface area contributed by atoms with Crippen molar-refractivity contribution < 1.29 is 9.90 Å². The molecule has 0 spiro atoms. The first-order valence-electron chi connectivity index (χ1n) is 8.99. The molecule has 0 saturated heterocycles. The van der Waals surface area contributed by atoms with Crippen LogP contribution >= 0.6 is 0 Å². The normalized spacial score (nSPS) is 9.86. The first-order valence-corrected chi connectivity index (χ1v) is 8.99. The van der Waals surface area contributed by atoms with E-state index in [9.17, 15) is 4.79 Å². The van der Waals surface area contributed by atoms with Crippen LogP contribution in [0.25, 0.3) is 0 Å². The summed E-state index contributed by atoms with van der Waals surface area (Å²) < 4.78 is 0. The zero-order chi connectivity index (χ0) is 14.9. The van der Waals surface area contributed by atoms with Crippen LogP contribution in [0.5, 0.6) is 0 Å². The summed E-state index contributed by atoms with van der Waals surface area (Å²) in [4.78, 5) is 10.3. The Morgan fingerprint density at radius 3 is 1.18 bits per heavy atom. The molecule has 0 bridgehead atoms. The van der Waals surface area contributed by atoms with Crippen molar-refractivity contribution in [1.29, 1.82) is 0 Å². The Kier molecular flexibility index (Phi) is 33.0. The summed E-state index contributed by atoms with van der Waals surface area (Å²) in [5.41, 5.74) is 0. The molecule has 0 atom stereocenters. The molecule has 0 fully saturated rings. The molecule has 0 amide bonds. The van der Waals surface area contributed by atoms with Gasteiger partial charge in [-0.05, 0) is 6.42 Å². The third kappa shape index (κ3) is 26.9. The molecular weight excluding hydrogens is 328 g/mol. The number of unbranched alkanes of at least 4 members (excludes halogenated alkanes) is 14. The summed E-state index contributed by atoms with van der Waals surface area (Å²) in [6.45, 7) is 2.27. The Labute approximate surface area is 198 Å². The molecule has 22 heavy (non-hydrogen) atoms. The summed E-state index contributed by atoms with van der Waals surface area (Å²) in [6, 6.07) is 0. The van der Waals surface area contributed by atoms with Gasteiger partial charge in [-0.25, -0.2) is 0 Å². The van der Waals surface area contributed by atoms with E-state index < -0.39 is 5.97 Å². The van der Waals surface area contributed by atoms with Crippen LogP contribution in [0, 0.1) is 0 Å². The Balaban J connectivity index is -0.00000180. The SMILES string of the molecule is CCCCCCCCCCCCCCCCCC(=O)O.[CaH2].[Ca]. The van der Waals surface area contributed by atoms with E-state index in [4.69, 9.17) is 5.11 Å². The summed E-state index contributed by atoms with van der Waals surface area (Å²) >= 11 is 0. The molecule has 4 heteroatoms. The molecule has 0 aromatic rings. The maximum absolute atomic E-state index is 10.3. The molecule has 0 saturated carbocycles. The smallest absolute Gasteiger partial charge is 0 e. The first-order chi connectivity index (χ1) is 9.77. The van der Waals surface area contributed by atoms with Crippen LogP contribution in [-0.4, -0.2) is 86.6 Å². The standard InChI is InChI=1S/C18H36O2.2Ca.2H/c1-2-3-4-5-6-7-8-9-10-11-12-13-14-15-16-17-18(19)20;;;;/h2-17H2,1H3,(H,19,20);;;;. The molecule has 0 unspecified atom stereocenters. The Bertz CT molecular complexity index is 211. The van der Waals surface area contributed by atoms with Gasteiger partial charge in [-0.3, -0.25) is 4.79 Å². The molecule has 0 rings (SSSR count). The van der Waals surface area contributed by atoms with Gasteiger partial charge in [0.25, 0.3) is 0 Å². The van der Waals surface area contributed by atoms with Crippen LogP contribution < -0.4 is 0 Å². The minimum absolute atomic E-state index is 0. The molecule has 126 valence electrons. The molecule has 0 heterocycles. The third-order valence-electron chi connectivity index (χ3n) is 3.99. The van der Waals surface area contributed by atoms with E-state index in [-0.39, 0.29) is 75.5 Å². The van der Waals surface area contributed by atoms with Crippen molar-refractivity contribution in [1.82, 2.24) is 0 Å². The van der Waals surface area contributed by atoms with E-state index >= 15 is 0 Å². The van der Waals surface area contributed by atoms with Crippen molar-refractivity contribution in [3.63, 3.8) is 0 Å². The first kappa shape index (κ1) is 28.8. The van der Waals surface area contributed by atoms with E-state index in [0.29, 0.717) is 6.42 Å². The topological polar surface area (TPSA) is 37.3 Å². The number of rotatable bonds is 16. The zero-order valence-electron chi connectivity index (χ0n) is 14.4. The van der Waals surface area contributed by atoms with Crippen molar-refractivity contribution in [2.24, 2.45) is 0 Å². The van der Waals surface area contributed by atoms with Crippen molar-refractivity contribution in [2.75, 3.05) is 0 Å². The number of hydrogen-bond acceptors (Lipinski definition) is 1. The quantitative estimate of drug-likeness (QED) is 0.307. The van der Waals surface area contributed by atoms with Gasteiger partial charge in [-0.1, -0.05) is 96.8 Å². The monoisotopic (exact) mass is 366 g/mol. The number of carboxylic acid groups (broad SMARTS) is 1. The molecule has 2 radical (unpaired) electrons. The van der Waals surface area contributed by atoms with Gasteiger partial charge in [0.15, 0.2) is 0 Å². The van der Waals surface area contributed by atoms with Gasteiger partial charge in [-0.15, -0.1) is 0 Å². The fourth-order valence-electron chi connectivity index (χ4n) is 2.65. The summed E-state index contributed by atoms with van der Waals surface area (Å²) in [5, 5.41) is 8.52. The van der Waals surface area contributed by atoms with E-state index in [1.807, 2.05) is 0 Å². The largest absolute Gasteiger partial charge is 0 e. The van der Waals surface area contributed by atoms with Gasteiger partial charge in [0, 0.05) is 44.2 Å². The van der Waals surface area contributed by atoms with Gasteiger partial charge in [-0.2, -0.15) is 0 Å². The van der Waals surface area contributed by atoms with Crippen LogP contribution in [0.15, 0.2) is 0 Å². The summed E-state index contributed by atoms with van der Waals surface area (Å²) in [5.74, 6) is -0.653. The van der Waals surface area contributed by atoms with Crippen molar-refractivity contribution in [2.45, 2.75) is 110 Å². The van der Waals surface area contributed by atoms with E-state index in [1.54, 1.807) is 0 Å². The molecule has 0 aromatic heterocycles. The third-order valence-corrected chi connectivity index (χ3v) is 3.99. The number of carbonyl (C=O) groups is 1. The maximum atomic E-state index is 10.3.